The molecule has 0 radical (unpaired) electrons. The molecule has 158 valence electrons. The van der Waals surface area contributed by atoms with Gasteiger partial charge in [0.05, 0.1) is 0 Å². The Bertz CT molecular complexity index is 564. The first kappa shape index (κ1) is 24.5. The molecule has 1 atom stereocenters. The molecule has 0 aliphatic heterocycles. The van der Waals surface area contributed by atoms with E-state index in [1.807, 2.05) is 17.8 Å². The fourth-order valence-electron chi connectivity index (χ4n) is 3.41. The smallest absolute Gasteiger partial charge is 0.334 e. The molecule has 0 spiro atoms. The van der Waals surface area contributed by atoms with Gasteiger partial charge in [0, 0.05) is 6.42 Å². The number of unbranched alkanes of at least 4 members (excludes halogenated alkanes) is 7. The Morgan fingerprint density at radius 1 is 0.929 bits per heavy atom. The molecule has 0 saturated carbocycles. The van der Waals surface area contributed by atoms with Gasteiger partial charge in [-0.05, 0) is 36.3 Å². The third-order valence-corrected chi connectivity index (χ3v) is 6.15. The summed E-state index contributed by atoms with van der Waals surface area (Å²) in [5, 5.41) is 12.6. The lowest BCUT2D eigenvalue weighted by Crippen LogP contribution is -2.51. The van der Waals surface area contributed by atoms with Crippen LogP contribution >= 0.6 is 11.8 Å². The maximum atomic E-state index is 12.4. The second-order valence-electron chi connectivity index (χ2n) is 7.25. The van der Waals surface area contributed by atoms with Crippen molar-refractivity contribution in [2.24, 2.45) is 0 Å². The molecule has 1 unspecified atom stereocenters. The summed E-state index contributed by atoms with van der Waals surface area (Å²) in [4.78, 5) is 24.3. The molecule has 1 aromatic carbocycles. The highest BCUT2D eigenvalue weighted by Crippen LogP contribution is 2.26. The molecule has 0 aliphatic carbocycles. The van der Waals surface area contributed by atoms with E-state index in [9.17, 15) is 14.7 Å². The molecular formula is C23H37NO3S. The molecule has 1 aromatic rings. The second-order valence-corrected chi connectivity index (χ2v) is 8.65. The largest absolute Gasteiger partial charge is 0.479 e. The summed E-state index contributed by atoms with van der Waals surface area (Å²) in [7, 11) is 0. The Hall–Kier alpha value is -1.49. The highest BCUT2D eigenvalue weighted by atomic mass is 32.2. The van der Waals surface area contributed by atoms with Crippen LogP contribution in [0.2, 0.25) is 0 Å². The summed E-state index contributed by atoms with van der Waals surface area (Å²) in [6.45, 7) is 4.00. The maximum Gasteiger partial charge on any atom is 0.334 e. The Morgan fingerprint density at radius 3 is 2.04 bits per heavy atom. The molecular weight excluding hydrogens is 370 g/mol. The first-order valence-corrected chi connectivity index (χ1v) is 11.9. The molecule has 2 N–H and O–H groups in total. The van der Waals surface area contributed by atoms with Crippen LogP contribution in [0.3, 0.4) is 0 Å². The van der Waals surface area contributed by atoms with Crippen LogP contribution in [0.4, 0.5) is 0 Å². The fraction of sp³-hybridized carbons (Fsp3) is 0.652. The number of carbonyl (C=O) groups is 2. The highest BCUT2D eigenvalue weighted by Gasteiger charge is 2.39. The fourth-order valence-corrected chi connectivity index (χ4v) is 4.11. The molecule has 1 rings (SSSR count). The molecule has 0 heterocycles. The van der Waals surface area contributed by atoms with Gasteiger partial charge < -0.3 is 10.4 Å². The predicted molar refractivity (Wildman–Crippen MR) is 119 cm³/mol. The average molecular weight is 408 g/mol. The van der Waals surface area contributed by atoms with Crippen LogP contribution in [0.25, 0.3) is 0 Å². The Morgan fingerprint density at radius 2 is 1.50 bits per heavy atom. The number of carbonyl (C=O) groups excluding carboxylic acids is 1. The van der Waals surface area contributed by atoms with Gasteiger partial charge in [-0.25, -0.2) is 4.79 Å². The van der Waals surface area contributed by atoms with E-state index in [4.69, 9.17) is 0 Å². The van der Waals surface area contributed by atoms with Crippen molar-refractivity contribution in [3.63, 3.8) is 0 Å². The van der Waals surface area contributed by atoms with Gasteiger partial charge in [-0.2, -0.15) is 11.8 Å². The predicted octanol–water partition coefficient (Wildman–Crippen LogP) is 5.76. The van der Waals surface area contributed by atoms with E-state index in [1.165, 1.54) is 43.6 Å². The first-order valence-electron chi connectivity index (χ1n) is 10.7. The van der Waals surface area contributed by atoms with Gasteiger partial charge in [-0.15, -0.1) is 0 Å². The molecule has 1 amide bonds. The van der Waals surface area contributed by atoms with Crippen LogP contribution in [0.1, 0.15) is 83.6 Å². The van der Waals surface area contributed by atoms with Crippen molar-refractivity contribution < 1.29 is 14.7 Å². The minimum Gasteiger partial charge on any atom is -0.479 e. The zero-order chi connectivity index (χ0) is 20.7. The van der Waals surface area contributed by atoms with Crippen LogP contribution in [0, 0.1) is 0 Å². The highest BCUT2D eigenvalue weighted by molar-refractivity contribution is 7.99. The lowest BCUT2D eigenvalue weighted by Gasteiger charge is -2.30. The minimum absolute atomic E-state index is 0.179. The van der Waals surface area contributed by atoms with Crippen molar-refractivity contribution in [2.75, 3.05) is 11.5 Å². The van der Waals surface area contributed by atoms with E-state index in [2.05, 4.69) is 12.2 Å². The quantitative estimate of drug-likeness (QED) is 0.342. The second kappa shape index (κ2) is 14.5. The van der Waals surface area contributed by atoms with Gasteiger partial charge in [0.15, 0.2) is 5.54 Å². The zero-order valence-electron chi connectivity index (χ0n) is 17.5. The van der Waals surface area contributed by atoms with E-state index in [0.717, 1.165) is 19.3 Å². The molecule has 0 saturated heterocycles. The number of amides is 1. The van der Waals surface area contributed by atoms with Crippen LogP contribution in [-0.2, 0) is 15.1 Å². The monoisotopic (exact) mass is 407 g/mol. The molecule has 0 fully saturated rings. The summed E-state index contributed by atoms with van der Waals surface area (Å²) in [6, 6.07) is 8.98. The number of thioether (sulfide) groups is 1. The summed E-state index contributed by atoms with van der Waals surface area (Å²) in [5.41, 5.74) is -0.718. The Kier molecular flexibility index (Phi) is 12.7. The van der Waals surface area contributed by atoms with Crippen molar-refractivity contribution in [2.45, 2.75) is 83.6 Å². The van der Waals surface area contributed by atoms with Gasteiger partial charge in [-0.3, -0.25) is 4.79 Å². The number of benzene rings is 1. The molecule has 0 aromatic heterocycles. The van der Waals surface area contributed by atoms with Crippen molar-refractivity contribution in [1.29, 1.82) is 0 Å². The molecule has 4 nitrogen and oxygen atoms in total. The normalized spacial score (nSPS) is 13.1. The lowest BCUT2D eigenvalue weighted by molar-refractivity contribution is -0.148. The lowest BCUT2D eigenvalue weighted by atomic mass is 9.87. The van der Waals surface area contributed by atoms with E-state index in [0.29, 0.717) is 18.4 Å². The van der Waals surface area contributed by atoms with Gasteiger partial charge in [0.2, 0.25) is 5.91 Å². The van der Waals surface area contributed by atoms with E-state index in [-0.39, 0.29) is 5.91 Å². The zero-order valence-corrected chi connectivity index (χ0v) is 18.4. The topological polar surface area (TPSA) is 66.4 Å². The maximum absolute atomic E-state index is 12.4. The molecule has 28 heavy (non-hydrogen) atoms. The summed E-state index contributed by atoms with van der Waals surface area (Å²) in [5.74, 6) is 1.31. The Balaban J connectivity index is 2.27. The Labute approximate surface area is 174 Å². The van der Waals surface area contributed by atoms with Crippen molar-refractivity contribution in [3.8, 4) is 0 Å². The number of carboxylic acids is 1. The van der Waals surface area contributed by atoms with Crippen LogP contribution in [0.15, 0.2) is 30.3 Å². The number of aliphatic carboxylic acids is 1. The van der Waals surface area contributed by atoms with Crippen molar-refractivity contribution in [1.82, 2.24) is 5.32 Å². The number of hydrogen-bond donors (Lipinski definition) is 2. The van der Waals surface area contributed by atoms with Gasteiger partial charge in [0.1, 0.15) is 0 Å². The molecule has 0 aliphatic rings. The van der Waals surface area contributed by atoms with Gasteiger partial charge >= 0.3 is 5.97 Å². The third kappa shape index (κ3) is 8.68. The standard InChI is InChI=1S/C23H37NO3S/c1-3-23(22(26)27,20-16-12-11-13-17-20)24-21(25)18-14-9-7-5-6-8-10-15-19-28-4-2/h11-13,16-17H,3-10,14-15,18-19H2,1-2H3,(H,24,25)(H,26,27). The number of nitrogens with one attached hydrogen (secondary N) is 1. The average Bonchev–Trinajstić information content (AvgIpc) is 2.70. The summed E-state index contributed by atoms with van der Waals surface area (Å²) in [6.07, 6.45) is 10.1. The van der Waals surface area contributed by atoms with E-state index >= 15 is 0 Å². The molecule has 5 heteroatoms. The van der Waals surface area contributed by atoms with E-state index in [1.54, 1.807) is 31.2 Å². The van der Waals surface area contributed by atoms with Crippen molar-refractivity contribution in [3.05, 3.63) is 35.9 Å². The number of rotatable bonds is 16. The van der Waals surface area contributed by atoms with Crippen LogP contribution in [0.5, 0.6) is 0 Å². The first-order chi connectivity index (χ1) is 13.6. The number of carboxylic acid groups (broad SMARTS) is 1. The van der Waals surface area contributed by atoms with Crippen molar-refractivity contribution >= 4 is 23.6 Å². The van der Waals surface area contributed by atoms with Gasteiger partial charge in [-0.1, -0.05) is 82.7 Å². The van der Waals surface area contributed by atoms with E-state index < -0.39 is 11.5 Å². The molecule has 0 bridgehead atoms. The van der Waals surface area contributed by atoms with Crippen LogP contribution < -0.4 is 5.32 Å². The van der Waals surface area contributed by atoms with Gasteiger partial charge in [0.25, 0.3) is 0 Å². The summed E-state index contributed by atoms with van der Waals surface area (Å²) < 4.78 is 0. The summed E-state index contributed by atoms with van der Waals surface area (Å²) >= 11 is 2.02. The van der Waals surface area contributed by atoms with Crippen LogP contribution in [-0.4, -0.2) is 28.5 Å². The third-order valence-electron chi connectivity index (χ3n) is 5.16. The SMILES string of the molecule is CCSCCCCCCCCCCC(=O)NC(CC)(C(=O)O)c1ccccc1. The minimum atomic E-state index is -1.34. The number of hydrogen-bond acceptors (Lipinski definition) is 3.